The predicted octanol–water partition coefficient (Wildman–Crippen LogP) is 4.34. The maximum atomic E-state index is 13.4. The number of halogens is 1. The van der Waals surface area contributed by atoms with E-state index in [-0.39, 0.29) is 23.7 Å². The highest BCUT2D eigenvalue weighted by Crippen LogP contribution is 2.43. The molecular formula is C25H21FN2O4S. The van der Waals surface area contributed by atoms with Gasteiger partial charge in [-0.2, -0.15) is 0 Å². The normalized spacial score (nSPS) is 19.5. The lowest BCUT2D eigenvalue weighted by Crippen LogP contribution is -2.29. The molecule has 1 aromatic heterocycles. The Kier molecular flexibility index (Phi) is 5.38. The first-order valence-electron chi connectivity index (χ1n) is 10.5. The van der Waals surface area contributed by atoms with Crippen LogP contribution in [0.5, 0.6) is 5.75 Å². The molecule has 0 spiro atoms. The summed E-state index contributed by atoms with van der Waals surface area (Å²) in [6.45, 7) is 1.39. The number of hydrogen-bond acceptors (Lipinski definition) is 6. The SMILES string of the molecule is CN1CCOc2ccc(/C(O)=C3/C(=O)C(=O)N(Cc4ccc(F)cc4)C3c3cccs3)cc21. The minimum absolute atomic E-state index is 0.0453. The number of carbonyl (C=O) groups excluding carboxylic acids is 2. The number of Topliss-reactive ketones (excluding diaryl/α,β-unsaturated/α-hetero) is 1. The summed E-state index contributed by atoms with van der Waals surface area (Å²) < 4.78 is 19.0. The number of carbonyl (C=O) groups is 2. The second-order valence-electron chi connectivity index (χ2n) is 8.02. The Bertz CT molecular complexity index is 1250. The molecule has 1 fully saturated rings. The molecule has 2 aliphatic heterocycles. The molecule has 0 radical (unpaired) electrons. The number of aliphatic hydroxyl groups is 1. The van der Waals surface area contributed by atoms with Gasteiger partial charge in [0.25, 0.3) is 11.7 Å². The van der Waals surface area contributed by atoms with E-state index in [0.29, 0.717) is 30.0 Å². The first kappa shape index (κ1) is 21.2. The van der Waals surface area contributed by atoms with Crippen molar-refractivity contribution >= 4 is 34.5 Å². The van der Waals surface area contributed by atoms with Crippen LogP contribution < -0.4 is 9.64 Å². The second-order valence-corrected chi connectivity index (χ2v) is 9.00. The summed E-state index contributed by atoms with van der Waals surface area (Å²) >= 11 is 1.40. The minimum Gasteiger partial charge on any atom is -0.507 e. The van der Waals surface area contributed by atoms with Crippen LogP contribution in [0.1, 0.15) is 22.0 Å². The van der Waals surface area contributed by atoms with Crippen LogP contribution in [0.15, 0.2) is 65.6 Å². The standard InChI is InChI=1S/C25H21FN2O4S/c1-27-10-11-32-19-9-6-16(13-18(19)27)23(29)21-22(20-3-2-12-33-20)28(25(31)24(21)30)14-15-4-7-17(26)8-5-15/h2-9,12-13,22,29H,10-11,14H2,1H3/b23-21-. The fourth-order valence-corrected chi connectivity index (χ4v) is 5.07. The van der Waals surface area contributed by atoms with E-state index in [1.54, 1.807) is 30.3 Å². The van der Waals surface area contributed by atoms with Crippen molar-refractivity contribution in [2.24, 2.45) is 0 Å². The maximum Gasteiger partial charge on any atom is 0.295 e. The lowest BCUT2D eigenvalue weighted by molar-refractivity contribution is -0.140. The molecule has 0 saturated carbocycles. The van der Waals surface area contributed by atoms with E-state index in [0.717, 1.165) is 10.6 Å². The highest BCUT2D eigenvalue weighted by Gasteiger charge is 2.46. The van der Waals surface area contributed by atoms with Gasteiger partial charge < -0.3 is 19.6 Å². The molecule has 1 unspecified atom stereocenters. The zero-order valence-electron chi connectivity index (χ0n) is 17.8. The van der Waals surface area contributed by atoms with Crippen LogP contribution in [0, 0.1) is 5.82 Å². The highest BCUT2D eigenvalue weighted by molar-refractivity contribution is 7.10. The van der Waals surface area contributed by atoms with Crippen molar-refractivity contribution < 1.29 is 23.8 Å². The Morgan fingerprint density at radius 1 is 1.18 bits per heavy atom. The summed E-state index contributed by atoms with van der Waals surface area (Å²) in [5, 5.41) is 13.1. The molecule has 0 bridgehead atoms. The Hall–Kier alpha value is -3.65. The van der Waals surface area contributed by atoms with Crippen molar-refractivity contribution in [3.63, 3.8) is 0 Å². The van der Waals surface area contributed by atoms with Crippen molar-refractivity contribution in [3.05, 3.63) is 87.4 Å². The smallest absolute Gasteiger partial charge is 0.295 e. The first-order chi connectivity index (χ1) is 15.9. The predicted molar refractivity (Wildman–Crippen MR) is 124 cm³/mol. The average Bonchev–Trinajstić information content (AvgIpc) is 3.43. The number of ketones is 1. The number of hydrogen-bond donors (Lipinski definition) is 1. The molecule has 3 aromatic rings. The van der Waals surface area contributed by atoms with E-state index < -0.39 is 17.7 Å². The number of benzene rings is 2. The van der Waals surface area contributed by atoms with Gasteiger partial charge >= 0.3 is 0 Å². The number of fused-ring (bicyclic) bond motifs is 1. The van der Waals surface area contributed by atoms with Crippen LogP contribution in [0.2, 0.25) is 0 Å². The average molecular weight is 465 g/mol. The zero-order chi connectivity index (χ0) is 23.1. The van der Waals surface area contributed by atoms with Crippen molar-refractivity contribution in [3.8, 4) is 5.75 Å². The molecule has 33 heavy (non-hydrogen) atoms. The molecule has 1 atom stereocenters. The molecule has 2 aromatic carbocycles. The third kappa shape index (κ3) is 3.76. The monoisotopic (exact) mass is 464 g/mol. The van der Waals surface area contributed by atoms with Gasteiger partial charge in [0.05, 0.1) is 23.8 Å². The van der Waals surface area contributed by atoms with E-state index in [1.165, 1.54) is 28.4 Å². The molecule has 0 aliphatic carbocycles. The third-order valence-corrected chi connectivity index (χ3v) is 6.87. The molecule has 1 N–H and O–H groups in total. The quantitative estimate of drug-likeness (QED) is 0.353. The number of anilines is 1. The number of nitrogens with zero attached hydrogens (tertiary/aromatic N) is 2. The Balaban J connectivity index is 1.60. The van der Waals surface area contributed by atoms with Gasteiger partial charge in [-0.25, -0.2) is 4.39 Å². The summed E-state index contributed by atoms with van der Waals surface area (Å²) in [6, 6.07) is 13.9. The lowest BCUT2D eigenvalue weighted by Gasteiger charge is -2.28. The molecule has 2 aliphatic rings. The van der Waals surface area contributed by atoms with Crippen LogP contribution >= 0.6 is 11.3 Å². The number of ether oxygens (including phenoxy) is 1. The van der Waals surface area contributed by atoms with E-state index >= 15 is 0 Å². The highest BCUT2D eigenvalue weighted by atomic mass is 32.1. The molecule has 1 saturated heterocycles. The van der Waals surface area contributed by atoms with Crippen LogP contribution in [-0.4, -0.2) is 41.9 Å². The number of likely N-dealkylation sites (tertiary alicyclic amines) is 1. The fourth-order valence-electron chi connectivity index (χ4n) is 4.23. The third-order valence-electron chi connectivity index (χ3n) is 5.95. The van der Waals surface area contributed by atoms with Gasteiger partial charge in [0.1, 0.15) is 23.9 Å². The summed E-state index contributed by atoms with van der Waals surface area (Å²) in [7, 11) is 1.93. The van der Waals surface area contributed by atoms with Crippen molar-refractivity contribution in [2.45, 2.75) is 12.6 Å². The van der Waals surface area contributed by atoms with E-state index in [2.05, 4.69) is 0 Å². The minimum atomic E-state index is -0.740. The van der Waals surface area contributed by atoms with E-state index in [9.17, 15) is 19.1 Å². The molecule has 6 nitrogen and oxygen atoms in total. The topological polar surface area (TPSA) is 70.1 Å². The van der Waals surface area contributed by atoms with Crippen molar-refractivity contribution in [2.75, 3.05) is 25.1 Å². The number of likely N-dealkylation sites (N-methyl/N-ethyl adjacent to an activating group) is 1. The summed E-state index contributed by atoms with van der Waals surface area (Å²) in [4.78, 5) is 30.4. The van der Waals surface area contributed by atoms with Crippen LogP contribution in [0.4, 0.5) is 10.1 Å². The van der Waals surface area contributed by atoms with Crippen LogP contribution in [0.3, 0.4) is 0 Å². The van der Waals surface area contributed by atoms with Gasteiger partial charge in [-0.1, -0.05) is 18.2 Å². The molecular weight excluding hydrogens is 443 g/mol. The molecule has 8 heteroatoms. The molecule has 168 valence electrons. The number of thiophene rings is 1. The summed E-state index contributed by atoms with van der Waals surface area (Å²) in [5.74, 6) is -1.34. The molecule has 1 amide bonds. The largest absolute Gasteiger partial charge is 0.507 e. The number of rotatable bonds is 4. The second kappa shape index (κ2) is 8.37. The summed E-state index contributed by atoms with van der Waals surface area (Å²) in [6.07, 6.45) is 0. The Morgan fingerprint density at radius 3 is 2.70 bits per heavy atom. The van der Waals surface area contributed by atoms with E-state index in [1.807, 2.05) is 29.5 Å². The van der Waals surface area contributed by atoms with Crippen LogP contribution in [-0.2, 0) is 16.1 Å². The summed E-state index contributed by atoms with van der Waals surface area (Å²) in [5.41, 5.74) is 1.97. The fraction of sp³-hybridized carbons (Fsp3) is 0.200. The van der Waals surface area contributed by atoms with Gasteiger partial charge in [-0.3, -0.25) is 9.59 Å². The lowest BCUT2D eigenvalue weighted by atomic mass is 9.99. The van der Waals surface area contributed by atoms with Gasteiger partial charge in [0.2, 0.25) is 0 Å². The van der Waals surface area contributed by atoms with Gasteiger partial charge in [0, 0.05) is 24.0 Å². The van der Waals surface area contributed by atoms with Crippen LogP contribution in [0.25, 0.3) is 5.76 Å². The zero-order valence-corrected chi connectivity index (χ0v) is 18.6. The van der Waals surface area contributed by atoms with Gasteiger partial charge in [-0.05, 0) is 47.3 Å². The van der Waals surface area contributed by atoms with Gasteiger partial charge in [-0.15, -0.1) is 11.3 Å². The maximum absolute atomic E-state index is 13.4. The number of amides is 1. The molecule has 5 rings (SSSR count). The molecule has 3 heterocycles. The number of aliphatic hydroxyl groups excluding tert-OH is 1. The Labute approximate surface area is 194 Å². The van der Waals surface area contributed by atoms with E-state index in [4.69, 9.17) is 4.74 Å². The van der Waals surface area contributed by atoms with Crippen molar-refractivity contribution in [1.29, 1.82) is 0 Å². The first-order valence-corrected chi connectivity index (χ1v) is 11.4. The van der Waals surface area contributed by atoms with Crippen molar-refractivity contribution in [1.82, 2.24) is 4.90 Å². The Morgan fingerprint density at radius 2 is 1.97 bits per heavy atom. The van der Waals surface area contributed by atoms with Gasteiger partial charge in [0.15, 0.2) is 0 Å².